The highest BCUT2D eigenvalue weighted by molar-refractivity contribution is 5.96. The van der Waals surface area contributed by atoms with Crippen LogP contribution in [0.2, 0.25) is 0 Å². The SMILES string of the molecule is Cc1ccc(C(=O)N2CCN(C(=O)c3ccccc3)CC2)cc1-n1cccc1. The van der Waals surface area contributed by atoms with Crippen LogP contribution in [0.4, 0.5) is 0 Å². The Kier molecular flexibility index (Phi) is 4.98. The Hall–Kier alpha value is -3.34. The predicted molar refractivity (Wildman–Crippen MR) is 109 cm³/mol. The molecule has 5 nitrogen and oxygen atoms in total. The molecule has 4 rings (SSSR count). The van der Waals surface area contributed by atoms with Gasteiger partial charge in [0.05, 0.1) is 0 Å². The van der Waals surface area contributed by atoms with E-state index < -0.39 is 0 Å². The van der Waals surface area contributed by atoms with E-state index in [2.05, 4.69) is 0 Å². The fourth-order valence-corrected chi connectivity index (χ4v) is 3.57. The van der Waals surface area contributed by atoms with Crippen molar-refractivity contribution in [3.63, 3.8) is 0 Å². The third-order valence-corrected chi connectivity index (χ3v) is 5.21. The van der Waals surface area contributed by atoms with E-state index in [9.17, 15) is 9.59 Å². The summed E-state index contributed by atoms with van der Waals surface area (Å²) in [7, 11) is 0. The summed E-state index contributed by atoms with van der Waals surface area (Å²) in [5, 5.41) is 0. The van der Waals surface area contributed by atoms with Crippen LogP contribution in [0.15, 0.2) is 73.1 Å². The normalized spacial score (nSPS) is 14.2. The van der Waals surface area contributed by atoms with Crippen LogP contribution in [-0.4, -0.2) is 52.4 Å². The molecule has 2 aromatic carbocycles. The monoisotopic (exact) mass is 373 g/mol. The van der Waals surface area contributed by atoms with E-state index in [0.29, 0.717) is 37.3 Å². The molecule has 0 N–H and O–H groups in total. The van der Waals surface area contributed by atoms with Gasteiger partial charge in [0, 0.05) is 55.4 Å². The van der Waals surface area contributed by atoms with Crippen molar-refractivity contribution in [3.05, 3.63) is 89.7 Å². The Bertz CT molecular complexity index is 972. The molecule has 1 aliphatic rings. The van der Waals surface area contributed by atoms with Crippen molar-refractivity contribution in [2.75, 3.05) is 26.2 Å². The lowest BCUT2D eigenvalue weighted by Crippen LogP contribution is -2.50. The highest BCUT2D eigenvalue weighted by Gasteiger charge is 2.25. The molecule has 0 bridgehead atoms. The number of piperazine rings is 1. The summed E-state index contributed by atoms with van der Waals surface area (Å²) in [5.41, 5.74) is 3.49. The van der Waals surface area contributed by atoms with Crippen LogP contribution in [0.3, 0.4) is 0 Å². The fourth-order valence-electron chi connectivity index (χ4n) is 3.57. The molecule has 2 heterocycles. The Morgan fingerprint density at radius 2 is 1.29 bits per heavy atom. The second-order valence-corrected chi connectivity index (χ2v) is 7.04. The third-order valence-electron chi connectivity index (χ3n) is 5.21. The van der Waals surface area contributed by atoms with Gasteiger partial charge in [-0.15, -0.1) is 0 Å². The van der Waals surface area contributed by atoms with Crippen LogP contribution in [0, 0.1) is 6.92 Å². The second-order valence-electron chi connectivity index (χ2n) is 7.04. The third kappa shape index (κ3) is 3.56. The van der Waals surface area contributed by atoms with E-state index in [1.54, 1.807) is 0 Å². The Balaban J connectivity index is 1.45. The van der Waals surface area contributed by atoms with Crippen molar-refractivity contribution < 1.29 is 9.59 Å². The van der Waals surface area contributed by atoms with Gasteiger partial charge in [-0.1, -0.05) is 24.3 Å². The number of carbonyl (C=O) groups is 2. The van der Waals surface area contributed by atoms with Gasteiger partial charge in [0.25, 0.3) is 11.8 Å². The molecule has 3 aromatic rings. The van der Waals surface area contributed by atoms with Crippen molar-refractivity contribution in [1.29, 1.82) is 0 Å². The number of benzene rings is 2. The topological polar surface area (TPSA) is 45.6 Å². The van der Waals surface area contributed by atoms with Gasteiger partial charge < -0.3 is 14.4 Å². The van der Waals surface area contributed by atoms with Gasteiger partial charge in [-0.25, -0.2) is 0 Å². The lowest BCUT2D eigenvalue weighted by molar-refractivity contribution is 0.0535. The van der Waals surface area contributed by atoms with Crippen LogP contribution in [0.25, 0.3) is 5.69 Å². The molecule has 0 spiro atoms. The maximum absolute atomic E-state index is 13.0. The molecule has 0 saturated carbocycles. The number of amides is 2. The van der Waals surface area contributed by atoms with Crippen molar-refractivity contribution in [2.45, 2.75) is 6.92 Å². The molecular formula is C23H23N3O2. The summed E-state index contributed by atoms with van der Waals surface area (Å²) >= 11 is 0. The highest BCUT2D eigenvalue weighted by atomic mass is 16.2. The molecule has 1 saturated heterocycles. The summed E-state index contributed by atoms with van der Waals surface area (Å²) in [4.78, 5) is 29.2. The van der Waals surface area contributed by atoms with Crippen molar-refractivity contribution in [1.82, 2.24) is 14.4 Å². The molecule has 28 heavy (non-hydrogen) atoms. The number of carbonyl (C=O) groups excluding carboxylic acids is 2. The lowest BCUT2D eigenvalue weighted by Gasteiger charge is -2.35. The number of aromatic nitrogens is 1. The van der Waals surface area contributed by atoms with Gasteiger partial charge in [0.15, 0.2) is 0 Å². The summed E-state index contributed by atoms with van der Waals surface area (Å²) in [6.07, 6.45) is 3.95. The number of nitrogens with zero attached hydrogens (tertiary/aromatic N) is 3. The van der Waals surface area contributed by atoms with Gasteiger partial charge >= 0.3 is 0 Å². The largest absolute Gasteiger partial charge is 0.335 e. The maximum atomic E-state index is 13.0. The quantitative estimate of drug-likeness (QED) is 0.707. The van der Waals surface area contributed by atoms with E-state index in [0.717, 1.165) is 11.3 Å². The molecule has 1 fully saturated rings. The minimum Gasteiger partial charge on any atom is -0.335 e. The average molecular weight is 373 g/mol. The Labute approximate surface area is 164 Å². The number of hydrogen-bond acceptors (Lipinski definition) is 2. The zero-order valence-electron chi connectivity index (χ0n) is 15.9. The van der Waals surface area contributed by atoms with Crippen LogP contribution in [-0.2, 0) is 0 Å². The Morgan fingerprint density at radius 3 is 1.89 bits per heavy atom. The molecule has 1 aromatic heterocycles. The van der Waals surface area contributed by atoms with Gasteiger partial charge in [0.1, 0.15) is 0 Å². The number of hydrogen-bond donors (Lipinski definition) is 0. The van der Waals surface area contributed by atoms with Crippen molar-refractivity contribution in [2.24, 2.45) is 0 Å². The molecule has 2 amide bonds. The van der Waals surface area contributed by atoms with E-state index in [1.165, 1.54) is 0 Å². The molecule has 0 radical (unpaired) electrons. The van der Waals surface area contributed by atoms with Gasteiger partial charge in [-0.2, -0.15) is 0 Å². The summed E-state index contributed by atoms with van der Waals surface area (Å²) in [6, 6.07) is 19.0. The van der Waals surface area contributed by atoms with Crippen LogP contribution in [0.1, 0.15) is 26.3 Å². The molecule has 0 atom stereocenters. The summed E-state index contributed by atoms with van der Waals surface area (Å²) < 4.78 is 2.02. The highest BCUT2D eigenvalue weighted by Crippen LogP contribution is 2.19. The van der Waals surface area contributed by atoms with E-state index in [-0.39, 0.29) is 11.8 Å². The van der Waals surface area contributed by atoms with Gasteiger partial charge in [-0.3, -0.25) is 9.59 Å². The predicted octanol–water partition coefficient (Wildman–Crippen LogP) is 3.38. The number of rotatable bonds is 3. The summed E-state index contributed by atoms with van der Waals surface area (Å²) in [6.45, 7) is 4.23. The lowest BCUT2D eigenvalue weighted by atomic mass is 10.1. The molecular weight excluding hydrogens is 350 g/mol. The minimum atomic E-state index is 0.0141. The maximum Gasteiger partial charge on any atom is 0.254 e. The average Bonchev–Trinajstić information content (AvgIpc) is 3.28. The fraction of sp³-hybridized carbons (Fsp3) is 0.217. The summed E-state index contributed by atoms with van der Waals surface area (Å²) in [5.74, 6) is 0.0399. The zero-order valence-corrected chi connectivity index (χ0v) is 15.9. The van der Waals surface area contributed by atoms with Crippen molar-refractivity contribution >= 4 is 11.8 Å². The molecule has 0 unspecified atom stereocenters. The zero-order chi connectivity index (χ0) is 19.5. The first-order chi connectivity index (χ1) is 13.6. The molecule has 5 heteroatoms. The first-order valence-electron chi connectivity index (χ1n) is 9.51. The smallest absolute Gasteiger partial charge is 0.254 e. The van der Waals surface area contributed by atoms with Gasteiger partial charge in [0.2, 0.25) is 0 Å². The Morgan fingerprint density at radius 1 is 0.714 bits per heavy atom. The van der Waals surface area contributed by atoms with Gasteiger partial charge in [-0.05, 0) is 48.9 Å². The number of aryl methyl sites for hydroxylation is 1. The first kappa shape index (κ1) is 18.0. The van der Waals surface area contributed by atoms with Crippen molar-refractivity contribution in [3.8, 4) is 5.69 Å². The molecule has 0 aliphatic carbocycles. The van der Waals surface area contributed by atoms with Crippen LogP contribution in [0.5, 0.6) is 0 Å². The van der Waals surface area contributed by atoms with E-state index in [1.807, 2.05) is 94.3 Å². The van der Waals surface area contributed by atoms with Crippen LogP contribution < -0.4 is 0 Å². The van der Waals surface area contributed by atoms with E-state index in [4.69, 9.17) is 0 Å². The van der Waals surface area contributed by atoms with Crippen LogP contribution >= 0.6 is 0 Å². The molecule has 142 valence electrons. The standard InChI is InChI=1S/C23H23N3O2/c1-18-9-10-20(17-21(18)24-11-5-6-12-24)23(28)26-15-13-25(14-16-26)22(27)19-7-3-2-4-8-19/h2-12,17H,13-16H2,1H3. The second kappa shape index (κ2) is 7.72. The first-order valence-corrected chi connectivity index (χ1v) is 9.51. The molecule has 1 aliphatic heterocycles. The van der Waals surface area contributed by atoms with E-state index >= 15 is 0 Å². The minimum absolute atomic E-state index is 0.0141.